The van der Waals surface area contributed by atoms with E-state index in [1.165, 1.54) is 16.7 Å². The van der Waals surface area contributed by atoms with Gasteiger partial charge in [-0.3, -0.25) is 0 Å². The van der Waals surface area contributed by atoms with Gasteiger partial charge in [-0.2, -0.15) is 0 Å². The average Bonchev–Trinajstić information content (AvgIpc) is 2.28. The molecule has 0 aliphatic heterocycles. The van der Waals surface area contributed by atoms with Gasteiger partial charge >= 0.3 is 0 Å². The molecule has 1 rings (SSSR count). The zero-order chi connectivity index (χ0) is 12.0. The third-order valence-electron chi connectivity index (χ3n) is 3.03. The molecule has 0 saturated heterocycles. The van der Waals surface area contributed by atoms with Crippen LogP contribution >= 0.6 is 0 Å². The Labute approximate surface area is 98.9 Å². The molecule has 0 radical (unpaired) electrons. The standard InChI is InChI=1S/C15H22O/c1-4-13-9-10-14(5-2)15(11-13)8-6-7-12(3)16/h9-11H,4-8H2,1-3H3. The maximum absolute atomic E-state index is 10.9. The van der Waals surface area contributed by atoms with Gasteiger partial charge in [-0.15, -0.1) is 0 Å². The number of carbonyl (C=O) groups is 1. The average molecular weight is 218 g/mol. The van der Waals surface area contributed by atoms with Crippen LogP contribution < -0.4 is 0 Å². The lowest BCUT2D eigenvalue weighted by Crippen LogP contribution is -1.97. The second kappa shape index (κ2) is 6.47. The zero-order valence-corrected chi connectivity index (χ0v) is 10.7. The summed E-state index contributed by atoms with van der Waals surface area (Å²) in [4.78, 5) is 10.9. The van der Waals surface area contributed by atoms with Crippen molar-refractivity contribution in [3.63, 3.8) is 0 Å². The molecule has 0 spiro atoms. The quantitative estimate of drug-likeness (QED) is 0.711. The minimum Gasteiger partial charge on any atom is -0.300 e. The number of aryl methyl sites for hydroxylation is 3. The lowest BCUT2D eigenvalue weighted by atomic mass is 9.96. The van der Waals surface area contributed by atoms with E-state index in [4.69, 9.17) is 0 Å². The van der Waals surface area contributed by atoms with Crippen molar-refractivity contribution >= 4 is 5.78 Å². The van der Waals surface area contributed by atoms with Gasteiger partial charge in [0.1, 0.15) is 5.78 Å². The summed E-state index contributed by atoms with van der Waals surface area (Å²) in [6.45, 7) is 6.04. The summed E-state index contributed by atoms with van der Waals surface area (Å²) in [5.74, 6) is 0.296. The number of hydrogen-bond donors (Lipinski definition) is 0. The molecule has 0 aliphatic carbocycles. The molecule has 0 saturated carbocycles. The molecule has 0 bridgehead atoms. The summed E-state index contributed by atoms with van der Waals surface area (Å²) in [7, 11) is 0. The molecule has 0 fully saturated rings. The molecule has 1 aromatic carbocycles. The van der Waals surface area contributed by atoms with Gasteiger partial charge in [0.15, 0.2) is 0 Å². The Balaban J connectivity index is 2.71. The molecule has 0 aromatic heterocycles. The molecule has 1 aromatic rings. The minimum absolute atomic E-state index is 0.296. The SMILES string of the molecule is CCc1ccc(CC)c(CCCC(C)=O)c1. The fourth-order valence-corrected chi connectivity index (χ4v) is 2.00. The fourth-order valence-electron chi connectivity index (χ4n) is 2.00. The van der Waals surface area contributed by atoms with Gasteiger partial charge < -0.3 is 4.79 Å². The molecule has 0 heterocycles. The van der Waals surface area contributed by atoms with Crippen molar-refractivity contribution < 1.29 is 4.79 Å². The summed E-state index contributed by atoms with van der Waals surface area (Å²) in [5, 5.41) is 0. The second-order valence-electron chi connectivity index (χ2n) is 4.37. The molecule has 0 aliphatic rings. The smallest absolute Gasteiger partial charge is 0.129 e. The molecule has 1 heteroatoms. The molecule has 0 N–H and O–H groups in total. The number of carbonyl (C=O) groups excluding carboxylic acids is 1. The molecule has 0 amide bonds. The van der Waals surface area contributed by atoms with Gasteiger partial charge in [-0.1, -0.05) is 32.0 Å². The van der Waals surface area contributed by atoms with Crippen molar-refractivity contribution in [2.45, 2.75) is 52.9 Å². The third-order valence-corrected chi connectivity index (χ3v) is 3.03. The van der Waals surface area contributed by atoms with Crippen molar-refractivity contribution in [2.24, 2.45) is 0 Å². The highest BCUT2D eigenvalue weighted by atomic mass is 16.1. The summed E-state index contributed by atoms with van der Waals surface area (Å²) in [6.07, 6.45) is 4.90. The monoisotopic (exact) mass is 218 g/mol. The largest absolute Gasteiger partial charge is 0.300 e. The van der Waals surface area contributed by atoms with E-state index in [9.17, 15) is 4.79 Å². The van der Waals surface area contributed by atoms with Crippen molar-refractivity contribution in [1.82, 2.24) is 0 Å². The van der Waals surface area contributed by atoms with E-state index in [0.717, 1.165) is 25.7 Å². The van der Waals surface area contributed by atoms with Crippen LogP contribution in [0.15, 0.2) is 18.2 Å². The molecule has 0 atom stereocenters. The Kier molecular flexibility index (Phi) is 5.24. The van der Waals surface area contributed by atoms with Crippen LogP contribution in [0.25, 0.3) is 0 Å². The van der Waals surface area contributed by atoms with E-state index in [1.807, 2.05) is 0 Å². The first-order valence-electron chi connectivity index (χ1n) is 6.27. The van der Waals surface area contributed by atoms with E-state index in [1.54, 1.807) is 6.92 Å². The minimum atomic E-state index is 0.296. The molecule has 88 valence electrons. The van der Waals surface area contributed by atoms with Crippen LogP contribution in [-0.2, 0) is 24.1 Å². The highest BCUT2D eigenvalue weighted by Gasteiger charge is 2.03. The fraction of sp³-hybridized carbons (Fsp3) is 0.533. The number of ketones is 1. The van der Waals surface area contributed by atoms with Crippen LogP contribution in [0.3, 0.4) is 0 Å². The van der Waals surface area contributed by atoms with Crippen LogP contribution in [0.5, 0.6) is 0 Å². The normalized spacial score (nSPS) is 10.4. The van der Waals surface area contributed by atoms with Crippen LogP contribution in [-0.4, -0.2) is 5.78 Å². The van der Waals surface area contributed by atoms with Gasteiger partial charge in [0, 0.05) is 6.42 Å². The van der Waals surface area contributed by atoms with Crippen molar-refractivity contribution in [3.05, 3.63) is 34.9 Å². The Morgan fingerprint density at radius 3 is 2.44 bits per heavy atom. The van der Waals surface area contributed by atoms with Gasteiger partial charge in [0.2, 0.25) is 0 Å². The molecule has 16 heavy (non-hydrogen) atoms. The maximum Gasteiger partial charge on any atom is 0.129 e. The Bertz CT molecular complexity index is 352. The Hall–Kier alpha value is -1.11. The first kappa shape index (κ1) is 13.0. The summed E-state index contributed by atoms with van der Waals surface area (Å²) >= 11 is 0. The zero-order valence-electron chi connectivity index (χ0n) is 10.7. The molecule has 1 nitrogen and oxygen atoms in total. The second-order valence-corrected chi connectivity index (χ2v) is 4.37. The first-order chi connectivity index (χ1) is 7.67. The molecular formula is C15H22O. The first-order valence-corrected chi connectivity index (χ1v) is 6.27. The van der Waals surface area contributed by atoms with Crippen molar-refractivity contribution in [1.29, 1.82) is 0 Å². The number of hydrogen-bond acceptors (Lipinski definition) is 1. The van der Waals surface area contributed by atoms with Crippen LogP contribution in [0.2, 0.25) is 0 Å². The topological polar surface area (TPSA) is 17.1 Å². The highest BCUT2D eigenvalue weighted by molar-refractivity contribution is 5.75. The van der Waals surface area contributed by atoms with Crippen LogP contribution in [0, 0.1) is 0 Å². The number of Topliss-reactive ketones (excluding diaryl/α,β-unsaturated/α-hetero) is 1. The van der Waals surface area contributed by atoms with E-state index in [0.29, 0.717) is 12.2 Å². The Morgan fingerprint density at radius 2 is 1.88 bits per heavy atom. The summed E-state index contributed by atoms with van der Waals surface area (Å²) in [6, 6.07) is 6.76. The van der Waals surface area contributed by atoms with E-state index in [2.05, 4.69) is 32.0 Å². The number of rotatable bonds is 6. The van der Waals surface area contributed by atoms with Crippen LogP contribution in [0.4, 0.5) is 0 Å². The molecular weight excluding hydrogens is 196 g/mol. The Morgan fingerprint density at radius 1 is 1.12 bits per heavy atom. The van der Waals surface area contributed by atoms with E-state index >= 15 is 0 Å². The number of benzene rings is 1. The highest BCUT2D eigenvalue weighted by Crippen LogP contribution is 2.16. The predicted octanol–water partition coefficient (Wildman–Crippen LogP) is 3.72. The molecule has 0 unspecified atom stereocenters. The van der Waals surface area contributed by atoms with Crippen molar-refractivity contribution in [2.75, 3.05) is 0 Å². The lowest BCUT2D eigenvalue weighted by molar-refractivity contribution is -0.117. The van der Waals surface area contributed by atoms with Gasteiger partial charge in [0.25, 0.3) is 0 Å². The van der Waals surface area contributed by atoms with Gasteiger partial charge in [-0.05, 0) is 49.3 Å². The van der Waals surface area contributed by atoms with E-state index in [-0.39, 0.29) is 0 Å². The third kappa shape index (κ3) is 3.80. The maximum atomic E-state index is 10.9. The summed E-state index contributed by atoms with van der Waals surface area (Å²) in [5.41, 5.74) is 4.26. The predicted molar refractivity (Wildman–Crippen MR) is 68.8 cm³/mol. The van der Waals surface area contributed by atoms with Crippen LogP contribution in [0.1, 0.15) is 50.3 Å². The summed E-state index contributed by atoms with van der Waals surface area (Å²) < 4.78 is 0. The van der Waals surface area contributed by atoms with Crippen molar-refractivity contribution in [3.8, 4) is 0 Å². The van der Waals surface area contributed by atoms with E-state index < -0.39 is 0 Å². The lowest BCUT2D eigenvalue weighted by Gasteiger charge is -2.09. The van der Waals surface area contributed by atoms with Gasteiger partial charge in [0.05, 0.1) is 0 Å². The van der Waals surface area contributed by atoms with Gasteiger partial charge in [-0.25, -0.2) is 0 Å².